The molecule has 2 aromatic carbocycles. The molecule has 0 saturated carbocycles. The molecule has 0 heterocycles. The van der Waals surface area contributed by atoms with Crippen molar-refractivity contribution in [3.63, 3.8) is 0 Å². The zero-order chi connectivity index (χ0) is 23.1. The van der Waals surface area contributed by atoms with Crippen LogP contribution in [0.3, 0.4) is 0 Å². The van der Waals surface area contributed by atoms with E-state index in [1.54, 1.807) is 6.92 Å². The molecule has 170 valence electrons. The van der Waals surface area contributed by atoms with E-state index in [4.69, 9.17) is 14.6 Å². The van der Waals surface area contributed by atoms with Crippen molar-refractivity contribution in [3.8, 4) is 11.1 Å². The molecule has 0 bridgehead atoms. The van der Waals surface area contributed by atoms with Crippen LogP contribution in [0.2, 0.25) is 0 Å². The number of aliphatic carboxylic acids is 1. The first-order valence-corrected chi connectivity index (χ1v) is 10.5. The standard InChI is InChI=1S/C24H28N2O6/c1-15(11-12-22(27)25-13-21(31-2)23(28)29)26-24(30)32-14-20-18-9-5-3-7-16(18)17-8-4-6-10-19(17)20/h3-10,15,20-21H,11-14H2,1-2H3,(H,25,27)(H,26,30)(H,28,29). The van der Waals surface area contributed by atoms with E-state index >= 15 is 0 Å². The molecule has 0 saturated heterocycles. The first-order valence-electron chi connectivity index (χ1n) is 10.5. The summed E-state index contributed by atoms with van der Waals surface area (Å²) in [6.07, 6.45) is -1.10. The third kappa shape index (κ3) is 5.64. The Morgan fingerprint density at radius 3 is 2.19 bits per heavy atom. The van der Waals surface area contributed by atoms with Crippen molar-refractivity contribution in [2.24, 2.45) is 0 Å². The van der Waals surface area contributed by atoms with Gasteiger partial charge < -0.3 is 25.2 Å². The van der Waals surface area contributed by atoms with Crippen molar-refractivity contribution in [2.45, 2.75) is 37.8 Å². The van der Waals surface area contributed by atoms with Crippen LogP contribution in [0.5, 0.6) is 0 Å². The lowest BCUT2D eigenvalue weighted by molar-refractivity contribution is -0.148. The summed E-state index contributed by atoms with van der Waals surface area (Å²) in [5.74, 6) is -1.47. The van der Waals surface area contributed by atoms with E-state index in [1.165, 1.54) is 7.11 Å². The highest BCUT2D eigenvalue weighted by Crippen LogP contribution is 2.44. The lowest BCUT2D eigenvalue weighted by Gasteiger charge is -2.17. The Hall–Kier alpha value is -3.39. The number of rotatable bonds is 10. The normalized spacial score (nSPS) is 14.1. The molecule has 0 radical (unpaired) electrons. The minimum atomic E-state index is -1.14. The number of methoxy groups -OCH3 is 1. The van der Waals surface area contributed by atoms with Crippen molar-refractivity contribution < 1.29 is 29.0 Å². The minimum absolute atomic E-state index is 0.0165. The molecule has 0 fully saturated rings. The Morgan fingerprint density at radius 2 is 1.62 bits per heavy atom. The van der Waals surface area contributed by atoms with Crippen LogP contribution >= 0.6 is 0 Å². The topological polar surface area (TPSA) is 114 Å². The van der Waals surface area contributed by atoms with Gasteiger partial charge in [-0.25, -0.2) is 9.59 Å². The first-order chi connectivity index (χ1) is 15.4. The van der Waals surface area contributed by atoms with E-state index in [-0.39, 0.29) is 37.4 Å². The van der Waals surface area contributed by atoms with Gasteiger partial charge in [0.25, 0.3) is 0 Å². The molecule has 8 heteroatoms. The fraction of sp³-hybridized carbons (Fsp3) is 0.375. The van der Waals surface area contributed by atoms with Gasteiger partial charge in [0.05, 0.1) is 6.54 Å². The number of hydrogen-bond acceptors (Lipinski definition) is 5. The number of carbonyl (C=O) groups is 3. The quantitative estimate of drug-likeness (QED) is 0.524. The lowest BCUT2D eigenvalue weighted by atomic mass is 9.98. The molecule has 2 unspecified atom stereocenters. The number of amides is 2. The van der Waals surface area contributed by atoms with Crippen LogP contribution in [0.4, 0.5) is 4.79 Å². The average molecular weight is 440 g/mol. The van der Waals surface area contributed by atoms with Crippen LogP contribution in [0, 0.1) is 0 Å². The minimum Gasteiger partial charge on any atom is -0.479 e. The monoisotopic (exact) mass is 440 g/mol. The van der Waals surface area contributed by atoms with Gasteiger partial charge in [-0.05, 0) is 35.6 Å². The number of ether oxygens (including phenoxy) is 2. The molecule has 8 nitrogen and oxygen atoms in total. The van der Waals surface area contributed by atoms with Gasteiger partial charge in [-0.3, -0.25) is 4.79 Å². The van der Waals surface area contributed by atoms with E-state index in [9.17, 15) is 14.4 Å². The Morgan fingerprint density at radius 1 is 1.03 bits per heavy atom. The van der Waals surface area contributed by atoms with Crippen LogP contribution in [0.15, 0.2) is 48.5 Å². The number of benzene rings is 2. The second kappa shape index (κ2) is 10.8. The SMILES string of the molecule is COC(CNC(=O)CCC(C)NC(=O)OCC1c2ccccc2-c2ccccc21)C(=O)O. The predicted octanol–water partition coefficient (Wildman–Crippen LogP) is 2.91. The largest absolute Gasteiger partial charge is 0.479 e. The van der Waals surface area contributed by atoms with Gasteiger partial charge in [0.2, 0.25) is 5.91 Å². The van der Waals surface area contributed by atoms with E-state index in [2.05, 4.69) is 34.9 Å². The maximum absolute atomic E-state index is 12.3. The predicted molar refractivity (Wildman–Crippen MR) is 118 cm³/mol. The molecular weight excluding hydrogens is 412 g/mol. The van der Waals surface area contributed by atoms with Crippen LogP contribution < -0.4 is 10.6 Å². The molecule has 3 N–H and O–H groups in total. The summed E-state index contributed by atoms with van der Waals surface area (Å²) in [5.41, 5.74) is 4.61. The van der Waals surface area contributed by atoms with Gasteiger partial charge in [0.1, 0.15) is 6.61 Å². The van der Waals surface area contributed by atoms with Gasteiger partial charge in [-0.1, -0.05) is 48.5 Å². The summed E-state index contributed by atoms with van der Waals surface area (Å²) in [5, 5.41) is 14.2. The van der Waals surface area contributed by atoms with Gasteiger partial charge in [-0.15, -0.1) is 0 Å². The van der Waals surface area contributed by atoms with Crippen molar-refractivity contribution >= 4 is 18.0 Å². The van der Waals surface area contributed by atoms with E-state index in [1.807, 2.05) is 24.3 Å². The number of fused-ring (bicyclic) bond motifs is 3. The molecule has 0 aliphatic heterocycles. The smallest absolute Gasteiger partial charge is 0.407 e. The van der Waals surface area contributed by atoms with Crippen LogP contribution in [0.1, 0.15) is 36.8 Å². The third-order valence-electron chi connectivity index (χ3n) is 5.56. The molecule has 0 spiro atoms. The lowest BCUT2D eigenvalue weighted by Crippen LogP contribution is -2.39. The Balaban J connectivity index is 1.44. The molecular formula is C24H28N2O6. The highest BCUT2D eigenvalue weighted by atomic mass is 16.5. The number of carboxylic acids is 1. The zero-order valence-electron chi connectivity index (χ0n) is 18.2. The highest BCUT2D eigenvalue weighted by Gasteiger charge is 2.29. The van der Waals surface area contributed by atoms with Crippen molar-refractivity contribution in [2.75, 3.05) is 20.3 Å². The second-order valence-corrected chi connectivity index (χ2v) is 7.78. The van der Waals surface area contributed by atoms with E-state index in [0.717, 1.165) is 22.3 Å². The average Bonchev–Trinajstić information content (AvgIpc) is 3.10. The molecule has 32 heavy (non-hydrogen) atoms. The van der Waals surface area contributed by atoms with Crippen molar-refractivity contribution in [1.82, 2.24) is 10.6 Å². The van der Waals surface area contributed by atoms with Crippen LogP contribution in [-0.2, 0) is 19.1 Å². The molecule has 3 rings (SSSR count). The summed E-state index contributed by atoms with van der Waals surface area (Å²) in [6, 6.07) is 15.9. The zero-order valence-corrected chi connectivity index (χ0v) is 18.2. The van der Waals surface area contributed by atoms with E-state index < -0.39 is 18.2 Å². The van der Waals surface area contributed by atoms with Crippen LogP contribution in [0.25, 0.3) is 11.1 Å². The molecule has 1 aliphatic rings. The Kier molecular flexibility index (Phi) is 7.83. The Bertz CT molecular complexity index is 931. The highest BCUT2D eigenvalue weighted by molar-refractivity contribution is 5.79. The maximum Gasteiger partial charge on any atom is 0.407 e. The third-order valence-corrected chi connectivity index (χ3v) is 5.56. The number of carboxylic acid groups (broad SMARTS) is 1. The summed E-state index contributed by atoms with van der Waals surface area (Å²) >= 11 is 0. The van der Waals surface area contributed by atoms with Gasteiger partial charge >= 0.3 is 12.1 Å². The Labute approximate surface area is 186 Å². The van der Waals surface area contributed by atoms with Crippen LogP contribution in [-0.4, -0.2) is 55.5 Å². The van der Waals surface area contributed by atoms with Gasteiger partial charge in [0.15, 0.2) is 6.10 Å². The number of nitrogens with one attached hydrogen (secondary N) is 2. The maximum atomic E-state index is 12.3. The van der Waals surface area contributed by atoms with Gasteiger partial charge in [-0.2, -0.15) is 0 Å². The first kappa shape index (κ1) is 23.3. The second-order valence-electron chi connectivity index (χ2n) is 7.78. The summed E-state index contributed by atoms with van der Waals surface area (Å²) in [6.45, 7) is 1.89. The number of alkyl carbamates (subject to hydrolysis) is 1. The van der Waals surface area contributed by atoms with Crippen molar-refractivity contribution in [1.29, 1.82) is 0 Å². The van der Waals surface area contributed by atoms with Gasteiger partial charge in [0, 0.05) is 25.5 Å². The molecule has 2 atom stereocenters. The summed E-state index contributed by atoms with van der Waals surface area (Å²) < 4.78 is 10.3. The molecule has 1 aliphatic carbocycles. The fourth-order valence-corrected chi connectivity index (χ4v) is 3.83. The van der Waals surface area contributed by atoms with E-state index in [0.29, 0.717) is 6.42 Å². The molecule has 2 aromatic rings. The molecule has 0 aromatic heterocycles. The number of hydrogen-bond donors (Lipinski definition) is 3. The summed E-state index contributed by atoms with van der Waals surface area (Å²) in [7, 11) is 1.27. The summed E-state index contributed by atoms with van der Waals surface area (Å²) in [4.78, 5) is 35.1. The fourth-order valence-electron chi connectivity index (χ4n) is 3.83. The number of carbonyl (C=O) groups excluding carboxylic acids is 2. The molecule has 2 amide bonds. The van der Waals surface area contributed by atoms with Crippen molar-refractivity contribution in [3.05, 3.63) is 59.7 Å².